The molecule has 1 nitrogen and oxygen atoms in total. The molecule has 0 saturated heterocycles. The molecule has 0 heterocycles. The maximum absolute atomic E-state index is 11.0. The molecule has 1 aromatic carbocycles. The van der Waals surface area contributed by atoms with Crippen LogP contribution in [-0.4, -0.2) is 5.24 Å². The molecular weight excluding hydrogens is 268 g/mol. The number of halogens is 1. The Kier molecular flexibility index (Phi) is 3.85. The van der Waals surface area contributed by atoms with E-state index in [9.17, 15) is 4.79 Å². The van der Waals surface area contributed by atoms with Gasteiger partial charge in [0.25, 0.3) is 0 Å². The van der Waals surface area contributed by atoms with Crippen LogP contribution in [0.4, 0.5) is 0 Å². The van der Waals surface area contributed by atoms with Crippen LogP contribution in [0.1, 0.15) is 64.2 Å². The summed E-state index contributed by atoms with van der Waals surface area (Å²) in [6.07, 6.45) is 3.89. The van der Waals surface area contributed by atoms with Gasteiger partial charge in [-0.3, -0.25) is 4.79 Å². The number of hydrogen-bond donors (Lipinski definition) is 0. The van der Waals surface area contributed by atoms with E-state index in [1.165, 1.54) is 30.0 Å². The van der Waals surface area contributed by atoms with E-state index in [1.54, 1.807) is 0 Å². The van der Waals surface area contributed by atoms with Gasteiger partial charge in [0.1, 0.15) is 0 Å². The third kappa shape index (κ3) is 2.83. The smallest absolute Gasteiger partial charge is 0.245 e. The van der Waals surface area contributed by atoms with Gasteiger partial charge in [-0.1, -0.05) is 45.9 Å². The van der Waals surface area contributed by atoms with Gasteiger partial charge in [-0.25, -0.2) is 0 Å². The van der Waals surface area contributed by atoms with E-state index in [0.29, 0.717) is 0 Å². The Hall–Kier alpha value is -1.08. The minimum Gasteiger partial charge on any atom is -0.276 e. The molecule has 0 amide bonds. The second-order valence-corrected chi connectivity index (χ2v) is 7.53. The van der Waals surface area contributed by atoms with Crippen LogP contribution in [0.3, 0.4) is 0 Å². The van der Waals surface area contributed by atoms with E-state index < -0.39 is 5.24 Å². The lowest BCUT2D eigenvalue weighted by molar-refractivity contribution is -0.107. The quantitative estimate of drug-likeness (QED) is 0.540. The normalized spacial score (nSPS) is 20.4. The van der Waals surface area contributed by atoms with Gasteiger partial charge in [-0.2, -0.15) is 0 Å². The van der Waals surface area contributed by atoms with Crippen molar-refractivity contribution >= 4 is 22.4 Å². The molecule has 20 heavy (non-hydrogen) atoms. The van der Waals surface area contributed by atoms with Gasteiger partial charge in [-0.15, -0.1) is 0 Å². The Morgan fingerprint density at radius 2 is 1.65 bits per heavy atom. The third-order valence-corrected chi connectivity index (χ3v) is 4.75. The second-order valence-electron chi connectivity index (χ2n) is 7.16. The molecule has 0 N–H and O–H groups in total. The van der Waals surface area contributed by atoms with Crippen LogP contribution < -0.4 is 0 Å². The molecule has 2 heteroatoms. The lowest BCUT2D eigenvalue weighted by Crippen LogP contribution is -2.33. The predicted molar refractivity (Wildman–Crippen MR) is 86.2 cm³/mol. The molecule has 0 fully saturated rings. The fourth-order valence-electron chi connectivity index (χ4n) is 3.09. The van der Waals surface area contributed by atoms with E-state index >= 15 is 0 Å². The lowest BCUT2D eigenvalue weighted by Gasteiger charge is -2.42. The summed E-state index contributed by atoms with van der Waals surface area (Å²) in [6.45, 7) is 11.2. The van der Waals surface area contributed by atoms with Crippen LogP contribution in [0.25, 0.3) is 5.57 Å². The molecule has 0 bridgehead atoms. The van der Waals surface area contributed by atoms with Crippen molar-refractivity contribution in [2.24, 2.45) is 0 Å². The van der Waals surface area contributed by atoms with Crippen molar-refractivity contribution in [3.8, 4) is 0 Å². The number of rotatable bonds is 2. The first-order chi connectivity index (χ1) is 9.13. The van der Waals surface area contributed by atoms with E-state index in [1.807, 2.05) is 6.92 Å². The van der Waals surface area contributed by atoms with E-state index in [2.05, 4.69) is 45.9 Å². The standard InChI is InChI=1S/C18H23ClO/c1-12(10-16(19)20)13-6-7-14-15(11-13)18(4,5)9-8-17(14,2)3/h6-7,10-11H,8-9H2,1-5H3. The average Bonchev–Trinajstić information content (AvgIpc) is 2.34. The molecule has 1 aromatic rings. The molecule has 0 saturated carbocycles. The van der Waals surface area contributed by atoms with E-state index in [0.717, 1.165) is 11.1 Å². The zero-order valence-electron chi connectivity index (χ0n) is 13.0. The summed E-state index contributed by atoms with van der Waals surface area (Å²) >= 11 is 5.45. The predicted octanol–water partition coefficient (Wildman–Crippen LogP) is 5.20. The zero-order chi connectivity index (χ0) is 15.1. The van der Waals surface area contributed by atoms with Crippen molar-refractivity contribution in [2.75, 3.05) is 0 Å². The fourth-order valence-corrected chi connectivity index (χ4v) is 3.25. The first-order valence-corrected chi connectivity index (χ1v) is 7.54. The summed E-state index contributed by atoms with van der Waals surface area (Å²) < 4.78 is 0. The molecule has 0 spiro atoms. The highest BCUT2D eigenvalue weighted by atomic mass is 35.5. The Morgan fingerprint density at radius 3 is 2.20 bits per heavy atom. The van der Waals surface area contributed by atoms with Crippen molar-refractivity contribution in [3.05, 3.63) is 41.0 Å². The number of fused-ring (bicyclic) bond motifs is 1. The van der Waals surface area contributed by atoms with Crippen LogP contribution in [0.5, 0.6) is 0 Å². The minimum absolute atomic E-state index is 0.187. The van der Waals surface area contributed by atoms with Crippen molar-refractivity contribution in [2.45, 2.75) is 58.3 Å². The summed E-state index contributed by atoms with van der Waals surface area (Å²) in [5, 5.41) is -0.417. The van der Waals surface area contributed by atoms with Gasteiger partial charge < -0.3 is 0 Å². The van der Waals surface area contributed by atoms with Crippen molar-refractivity contribution in [1.82, 2.24) is 0 Å². The van der Waals surface area contributed by atoms with Gasteiger partial charge in [0.15, 0.2) is 0 Å². The van der Waals surface area contributed by atoms with Crippen LogP contribution >= 0.6 is 11.6 Å². The van der Waals surface area contributed by atoms with Gasteiger partial charge in [0.2, 0.25) is 5.24 Å². The Bertz CT molecular complexity index is 579. The van der Waals surface area contributed by atoms with E-state index in [-0.39, 0.29) is 10.8 Å². The number of hydrogen-bond acceptors (Lipinski definition) is 1. The molecule has 0 radical (unpaired) electrons. The van der Waals surface area contributed by atoms with Crippen LogP contribution in [0.15, 0.2) is 24.3 Å². The van der Waals surface area contributed by atoms with Crippen molar-refractivity contribution in [1.29, 1.82) is 0 Å². The number of carbonyl (C=O) groups is 1. The van der Waals surface area contributed by atoms with Crippen molar-refractivity contribution in [3.63, 3.8) is 0 Å². The first-order valence-electron chi connectivity index (χ1n) is 7.17. The number of allylic oxidation sites excluding steroid dienone is 2. The van der Waals surface area contributed by atoms with Crippen LogP contribution in [0, 0.1) is 0 Å². The second kappa shape index (κ2) is 5.04. The highest BCUT2D eigenvalue weighted by Crippen LogP contribution is 2.46. The molecule has 2 rings (SSSR count). The minimum atomic E-state index is -0.417. The largest absolute Gasteiger partial charge is 0.276 e. The first kappa shape index (κ1) is 15.3. The SMILES string of the molecule is CC(=CC(=O)Cl)c1ccc2c(c1)C(C)(C)CCC2(C)C. The molecule has 1 aliphatic rings. The summed E-state index contributed by atoms with van der Waals surface area (Å²) in [7, 11) is 0. The Morgan fingerprint density at radius 1 is 1.10 bits per heavy atom. The van der Waals surface area contributed by atoms with Crippen LogP contribution in [-0.2, 0) is 15.6 Å². The number of benzene rings is 1. The van der Waals surface area contributed by atoms with Gasteiger partial charge in [0.05, 0.1) is 0 Å². The molecule has 1 aliphatic carbocycles. The molecule has 0 atom stereocenters. The topological polar surface area (TPSA) is 17.1 Å². The molecule has 0 unspecified atom stereocenters. The third-order valence-electron chi connectivity index (χ3n) is 4.64. The highest BCUT2D eigenvalue weighted by molar-refractivity contribution is 6.67. The summed E-state index contributed by atoms with van der Waals surface area (Å²) in [5.41, 5.74) is 5.26. The molecule has 0 aromatic heterocycles. The van der Waals surface area contributed by atoms with Crippen LogP contribution in [0.2, 0.25) is 0 Å². The monoisotopic (exact) mass is 290 g/mol. The number of carbonyl (C=O) groups excluding carboxylic acids is 1. The van der Waals surface area contributed by atoms with Crippen molar-refractivity contribution < 1.29 is 4.79 Å². The molecule has 108 valence electrons. The summed E-state index contributed by atoms with van der Waals surface area (Å²) in [6, 6.07) is 6.57. The average molecular weight is 291 g/mol. The molecular formula is C18H23ClO. The maximum Gasteiger partial charge on any atom is 0.245 e. The fraction of sp³-hybridized carbons (Fsp3) is 0.500. The van der Waals surface area contributed by atoms with Gasteiger partial charge in [0, 0.05) is 6.08 Å². The summed E-state index contributed by atoms with van der Waals surface area (Å²) in [5.74, 6) is 0. The zero-order valence-corrected chi connectivity index (χ0v) is 13.8. The van der Waals surface area contributed by atoms with E-state index in [4.69, 9.17) is 11.6 Å². The Labute approximate surface area is 127 Å². The van der Waals surface area contributed by atoms with Gasteiger partial charge in [-0.05, 0) is 64.5 Å². The Balaban J connectivity index is 2.57. The maximum atomic E-state index is 11.0. The summed E-state index contributed by atoms with van der Waals surface area (Å²) in [4.78, 5) is 11.0. The molecule has 0 aliphatic heterocycles. The lowest BCUT2D eigenvalue weighted by atomic mass is 9.63. The highest BCUT2D eigenvalue weighted by Gasteiger charge is 2.36. The van der Waals surface area contributed by atoms with Gasteiger partial charge >= 0.3 is 0 Å².